The smallest absolute Gasteiger partial charge is 0.264 e. The molecule has 0 spiro atoms. The lowest BCUT2D eigenvalue weighted by Crippen LogP contribution is -2.41. The average Bonchev–Trinajstić information content (AvgIpc) is 2.87. The van der Waals surface area contributed by atoms with Gasteiger partial charge in [-0.2, -0.15) is 8.42 Å². The molecule has 0 saturated heterocycles. The number of likely N-dealkylation sites (N-methyl/N-ethyl adjacent to an activating group) is 1. The van der Waals surface area contributed by atoms with E-state index in [2.05, 4.69) is 66.5 Å². The Labute approximate surface area is 203 Å². The van der Waals surface area contributed by atoms with Crippen molar-refractivity contribution in [2.24, 2.45) is 0 Å². The number of ether oxygens (including phenoxy) is 1. The van der Waals surface area contributed by atoms with Crippen LogP contribution in [0.5, 0.6) is 5.88 Å². The summed E-state index contributed by atoms with van der Waals surface area (Å²) in [5.41, 5.74) is 1.04. The van der Waals surface area contributed by atoms with Gasteiger partial charge in [-0.3, -0.25) is 13.8 Å². The van der Waals surface area contributed by atoms with Crippen molar-refractivity contribution in [1.29, 1.82) is 0 Å². The molecule has 0 saturated carbocycles. The van der Waals surface area contributed by atoms with Crippen molar-refractivity contribution >= 4 is 41.0 Å². The molecule has 1 aromatic heterocycles. The van der Waals surface area contributed by atoms with Gasteiger partial charge in [-0.1, -0.05) is 27.7 Å². The quantitative estimate of drug-likeness (QED) is 0.195. The van der Waals surface area contributed by atoms with Gasteiger partial charge in [-0.15, -0.1) is 5.10 Å². The molecule has 0 bridgehead atoms. The SMILES string of the molecule is CCOc1nn(CCO[Si](C)(C)C(C)(C)C)c(CN(CC)C[C@@H](C)OS(C)(=O)=O)c1I. The van der Waals surface area contributed by atoms with Gasteiger partial charge < -0.3 is 9.16 Å². The van der Waals surface area contributed by atoms with Crippen molar-refractivity contribution in [1.82, 2.24) is 14.7 Å². The lowest BCUT2D eigenvalue weighted by atomic mass is 10.2. The van der Waals surface area contributed by atoms with Gasteiger partial charge in [0.1, 0.15) is 0 Å². The Morgan fingerprint density at radius 2 is 1.87 bits per heavy atom. The van der Waals surface area contributed by atoms with E-state index in [0.717, 1.165) is 22.1 Å². The molecule has 0 N–H and O–H groups in total. The van der Waals surface area contributed by atoms with Crippen LogP contribution in [-0.2, 0) is 31.8 Å². The highest BCUT2D eigenvalue weighted by Gasteiger charge is 2.37. The van der Waals surface area contributed by atoms with Crippen LogP contribution in [-0.4, -0.2) is 70.1 Å². The average molecular weight is 590 g/mol. The zero-order chi connectivity index (χ0) is 24.0. The van der Waals surface area contributed by atoms with Crippen LogP contribution in [0.15, 0.2) is 0 Å². The number of hydrogen-bond donors (Lipinski definition) is 0. The van der Waals surface area contributed by atoms with Crippen molar-refractivity contribution < 1.29 is 21.8 Å². The molecule has 0 aliphatic heterocycles. The maximum absolute atomic E-state index is 11.4. The van der Waals surface area contributed by atoms with E-state index in [1.807, 2.05) is 18.5 Å². The number of rotatable bonds is 13. The second-order valence-corrected chi connectivity index (χ2v) is 16.8. The van der Waals surface area contributed by atoms with E-state index < -0.39 is 24.5 Å². The second kappa shape index (κ2) is 11.8. The first-order valence-corrected chi connectivity index (χ1v) is 16.5. The molecule has 0 radical (unpaired) electrons. The van der Waals surface area contributed by atoms with Crippen molar-refractivity contribution in [2.75, 3.05) is 32.6 Å². The fraction of sp³-hybridized carbons (Fsp3) is 0.850. The molecule has 31 heavy (non-hydrogen) atoms. The molecule has 1 atom stereocenters. The fourth-order valence-electron chi connectivity index (χ4n) is 2.83. The molecule has 1 heterocycles. The first kappa shape index (κ1) is 28.8. The monoisotopic (exact) mass is 589 g/mol. The topological polar surface area (TPSA) is 82.9 Å². The molecule has 182 valence electrons. The second-order valence-electron chi connectivity index (χ2n) is 9.27. The maximum Gasteiger partial charge on any atom is 0.264 e. The lowest BCUT2D eigenvalue weighted by molar-refractivity contribution is 0.148. The van der Waals surface area contributed by atoms with E-state index in [9.17, 15) is 8.42 Å². The molecular formula is C20H40IN3O5SSi. The van der Waals surface area contributed by atoms with Gasteiger partial charge in [0, 0.05) is 13.1 Å². The van der Waals surface area contributed by atoms with E-state index in [4.69, 9.17) is 13.3 Å². The Hall–Kier alpha value is -0.213. The number of aromatic nitrogens is 2. The third-order valence-electron chi connectivity index (χ3n) is 5.49. The molecule has 0 fully saturated rings. The first-order valence-electron chi connectivity index (χ1n) is 10.7. The molecule has 0 amide bonds. The molecule has 0 aromatic carbocycles. The van der Waals surface area contributed by atoms with Crippen LogP contribution >= 0.6 is 22.6 Å². The highest BCUT2D eigenvalue weighted by atomic mass is 127. The summed E-state index contributed by atoms with van der Waals surface area (Å²) < 4.78 is 43.0. The van der Waals surface area contributed by atoms with Crippen LogP contribution in [0, 0.1) is 3.57 Å². The Morgan fingerprint density at radius 1 is 1.26 bits per heavy atom. The molecule has 0 unspecified atom stereocenters. The molecule has 1 aromatic rings. The minimum absolute atomic E-state index is 0.152. The summed E-state index contributed by atoms with van der Waals surface area (Å²) in [5.74, 6) is 0.627. The van der Waals surface area contributed by atoms with Gasteiger partial charge in [-0.05, 0) is 61.1 Å². The minimum Gasteiger partial charge on any atom is -0.476 e. The third-order valence-corrected chi connectivity index (χ3v) is 11.8. The maximum atomic E-state index is 11.4. The Bertz CT molecular complexity index is 808. The Morgan fingerprint density at radius 3 is 2.35 bits per heavy atom. The summed E-state index contributed by atoms with van der Waals surface area (Å²) in [6.07, 6.45) is 0.645. The number of halogens is 1. The van der Waals surface area contributed by atoms with Crippen molar-refractivity contribution in [3.63, 3.8) is 0 Å². The van der Waals surface area contributed by atoms with E-state index >= 15 is 0 Å². The highest BCUT2D eigenvalue weighted by molar-refractivity contribution is 14.1. The van der Waals surface area contributed by atoms with Gasteiger partial charge in [0.05, 0.1) is 41.4 Å². The fourth-order valence-corrected chi connectivity index (χ4v) is 5.23. The van der Waals surface area contributed by atoms with Gasteiger partial charge >= 0.3 is 0 Å². The summed E-state index contributed by atoms with van der Waals surface area (Å²) in [7, 11) is -5.33. The molecular weight excluding hydrogens is 549 g/mol. The molecule has 1 rings (SSSR count). The largest absolute Gasteiger partial charge is 0.476 e. The van der Waals surface area contributed by atoms with Gasteiger partial charge in [0.25, 0.3) is 10.1 Å². The van der Waals surface area contributed by atoms with Crippen LogP contribution in [0.3, 0.4) is 0 Å². The zero-order valence-electron chi connectivity index (χ0n) is 20.5. The predicted molar refractivity (Wildman–Crippen MR) is 136 cm³/mol. The number of nitrogens with zero attached hydrogens (tertiary/aromatic N) is 3. The van der Waals surface area contributed by atoms with Gasteiger partial charge in [0.15, 0.2) is 8.32 Å². The van der Waals surface area contributed by atoms with Crippen LogP contribution < -0.4 is 4.74 Å². The minimum atomic E-state index is -3.49. The van der Waals surface area contributed by atoms with Crippen LogP contribution in [0.2, 0.25) is 18.1 Å². The van der Waals surface area contributed by atoms with Crippen LogP contribution in [0.25, 0.3) is 0 Å². The van der Waals surface area contributed by atoms with Crippen molar-refractivity contribution in [3.05, 3.63) is 9.26 Å². The highest BCUT2D eigenvalue weighted by Crippen LogP contribution is 2.36. The third kappa shape index (κ3) is 9.28. The lowest BCUT2D eigenvalue weighted by Gasteiger charge is -2.36. The van der Waals surface area contributed by atoms with Crippen molar-refractivity contribution in [2.45, 2.75) is 78.9 Å². The predicted octanol–water partition coefficient (Wildman–Crippen LogP) is 4.09. The Balaban J connectivity index is 2.99. The molecule has 0 aliphatic carbocycles. The van der Waals surface area contributed by atoms with E-state index in [1.165, 1.54) is 0 Å². The standard InChI is InChI=1S/C20H40IN3O5SSi/c1-10-23(14-16(3)29-30(7,25)26)15-17-18(21)19(27-11-2)22-24(17)12-13-28-31(8,9)20(4,5)6/h16H,10-15H2,1-9H3/t16-/m1/s1. The van der Waals surface area contributed by atoms with Crippen molar-refractivity contribution in [3.8, 4) is 5.88 Å². The summed E-state index contributed by atoms with van der Waals surface area (Å²) >= 11 is 2.28. The van der Waals surface area contributed by atoms with Gasteiger partial charge in [0.2, 0.25) is 5.88 Å². The summed E-state index contributed by atoms with van der Waals surface area (Å²) in [6.45, 7) is 20.6. The molecule has 0 aliphatic rings. The van der Waals surface area contributed by atoms with Crippen LogP contribution in [0.1, 0.15) is 47.2 Å². The summed E-state index contributed by atoms with van der Waals surface area (Å²) in [4.78, 5) is 2.15. The zero-order valence-corrected chi connectivity index (χ0v) is 24.5. The van der Waals surface area contributed by atoms with Crippen LogP contribution in [0.4, 0.5) is 0 Å². The summed E-state index contributed by atoms with van der Waals surface area (Å²) in [6, 6.07) is 0. The molecule has 8 nitrogen and oxygen atoms in total. The molecule has 11 heteroatoms. The van der Waals surface area contributed by atoms with E-state index in [0.29, 0.717) is 38.7 Å². The Kier molecular flexibility index (Phi) is 10.9. The normalized spacial score (nSPS) is 14.3. The first-order chi connectivity index (χ1) is 14.1. The number of hydrogen-bond acceptors (Lipinski definition) is 7. The summed E-state index contributed by atoms with van der Waals surface area (Å²) in [5, 5.41) is 4.83. The van der Waals surface area contributed by atoms with E-state index in [1.54, 1.807) is 6.92 Å². The van der Waals surface area contributed by atoms with E-state index in [-0.39, 0.29) is 5.04 Å². The van der Waals surface area contributed by atoms with Gasteiger partial charge in [-0.25, -0.2) is 0 Å².